The first-order chi connectivity index (χ1) is 38.4. The molecular weight excluding hydrogens is 1030 g/mol. The minimum Gasteiger partial charge on any atom is -0.491 e. The summed E-state index contributed by atoms with van der Waals surface area (Å²) in [6.45, 7) is 7.53. The van der Waals surface area contributed by atoms with Gasteiger partial charge in [-0.2, -0.15) is 0 Å². The molecule has 0 spiro atoms. The van der Waals surface area contributed by atoms with Crippen LogP contribution in [-0.4, -0.2) is 180 Å². The van der Waals surface area contributed by atoms with Gasteiger partial charge in [-0.3, -0.25) is 23.7 Å². The maximum absolute atomic E-state index is 13.7. The number of nitrogens with two attached hydrogens (primary N) is 2. The number of aryl methyl sites for hydroxylation is 4. The molecule has 0 fully saturated rings. The van der Waals surface area contributed by atoms with Gasteiger partial charge in [0.2, 0.25) is 11.7 Å². The molecule has 7 aromatic rings. The van der Waals surface area contributed by atoms with Gasteiger partial charge in [-0.1, -0.05) is 0 Å². The van der Waals surface area contributed by atoms with Crippen LogP contribution in [0.3, 0.4) is 0 Å². The molecule has 26 nitrogen and oxygen atoms in total. The number of benzene rings is 2. The van der Waals surface area contributed by atoms with Crippen LogP contribution in [-0.2, 0) is 66.1 Å². The lowest BCUT2D eigenvalue weighted by molar-refractivity contribution is -0.0235. The van der Waals surface area contributed by atoms with Crippen LogP contribution in [0.1, 0.15) is 42.0 Å². The first kappa shape index (κ1) is 58.7. The summed E-state index contributed by atoms with van der Waals surface area (Å²) in [5.41, 5.74) is 15.0. The second-order valence-electron chi connectivity index (χ2n) is 17.7. The summed E-state index contributed by atoms with van der Waals surface area (Å²) >= 11 is 0. The number of fused-ring (bicyclic) bond motifs is 1. The molecule has 0 aliphatic carbocycles. The van der Waals surface area contributed by atoms with E-state index < -0.39 is 17.7 Å². The number of carbonyl (C=O) groups is 4. The Labute approximate surface area is 456 Å². The highest BCUT2D eigenvalue weighted by Crippen LogP contribution is 2.30. The molecule has 0 aliphatic rings. The number of imidazole rings is 3. The SMILES string of the molecule is Cn1cc(NC(=O)c2nc(NC(=O)c3cc(-n4c(-c5nccn5C)nc5ccc(C(N)=O)cc54)cn3C)cn2C)cc1C(=O)NCCOCCOCCOCCOCCOCCOCCOCCOCCOc1ccc(N)cc1. The van der Waals surface area contributed by atoms with Crippen LogP contribution in [0.25, 0.3) is 28.4 Å². The number of nitrogen functional groups attached to an aromatic ring is 1. The summed E-state index contributed by atoms with van der Waals surface area (Å²) in [4.78, 5) is 65.9. The van der Waals surface area contributed by atoms with E-state index in [0.717, 1.165) is 5.75 Å². The first-order valence-electron chi connectivity index (χ1n) is 25.5. The minimum atomic E-state index is -0.595. The number of hydrogen-bond acceptors (Lipinski definition) is 17. The maximum Gasteiger partial charge on any atom is 0.291 e. The van der Waals surface area contributed by atoms with Gasteiger partial charge in [0.05, 0.1) is 128 Å². The third kappa shape index (κ3) is 17.5. The number of primary amides is 1. The van der Waals surface area contributed by atoms with Crippen molar-refractivity contribution in [3.63, 3.8) is 0 Å². The third-order valence-corrected chi connectivity index (χ3v) is 11.8. The molecule has 0 atom stereocenters. The van der Waals surface area contributed by atoms with Gasteiger partial charge in [0, 0.05) is 77.0 Å². The highest BCUT2D eigenvalue weighted by Gasteiger charge is 2.23. The number of carbonyl (C=O) groups excluding carboxylic acids is 4. The van der Waals surface area contributed by atoms with Crippen LogP contribution >= 0.6 is 0 Å². The van der Waals surface area contributed by atoms with Gasteiger partial charge in [0.15, 0.2) is 17.5 Å². The predicted octanol–water partition coefficient (Wildman–Crippen LogP) is 2.96. The average molecular weight is 1100 g/mol. The molecule has 7 N–H and O–H groups in total. The number of amides is 4. The average Bonchev–Trinajstić information content (AvgIpc) is 4.32. The fourth-order valence-electron chi connectivity index (χ4n) is 7.83. The lowest BCUT2D eigenvalue weighted by Gasteiger charge is -2.09. The standard InChI is InChI=1S/C53H69N13O13/c1-62-13-11-56-48(62)49-59-42-10-5-37(47(55)67)31-43(42)66(49)40-33-45(64(3)35-40)52(69)61-46-36-65(4)50(60-46)53(70)58-39-32-44(63(2)34-39)51(68)57-12-14-71-15-16-72-17-18-73-19-20-74-21-22-75-23-24-76-25-26-77-27-28-78-29-30-79-41-8-6-38(54)7-9-41/h5-11,13,31-36H,12,14-30,54H2,1-4H3,(H2,55,67)(H,57,68)(H,58,70)(H,61,69). The van der Waals surface area contributed by atoms with Crippen LogP contribution in [0.5, 0.6) is 5.75 Å². The zero-order valence-electron chi connectivity index (χ0n) is 44.9. The summed E-state index contributed by atoms with van der Waals surface area (Å²) in [7, 11) is 6.86. The van der Waals surface area contributed by atoms with Crippen molar-refractivity contribution in [1.29, 1.82) is 0 Å². The Balaban J connectivity index is 0.698. The van der Waals surface area contributed by atoms with Gasteiger partial charge in [0.25, 0.3) is 17.7 Å². The fraction of sp³-hybridized carbons (Fsp3) is 0.415. The van der Waals surface area contributed by atoms with Gasteiger partial charge < -0.3 is 88.3 Å². The normalized spacial score (nSPS) is 11.4. The van der Waals surface area contributed by atoms with E-state index in [1.165, 1.54) is 10.8 Å². The molecule has 0 radical (unpaired) electrons. The summed E-state index contributed by atoms with van der Waals surface area (Å²) in [5.74, 6) is -0.0742. The minimum absolute atomic E-state index is 0.00975. The number of rotatable bonds is 36. The Morgan fingerprint density at radius 3 is 1.67 bits per heavy atom. The summed E-state index contributed by atoms with van der Waals surface area (Å²) < 4.78 is 58.1. The van der Waals surface area contributed by atoms with Crippen molar-refractivity contribution < 1.29 is 61.8 Å². The highest BCUT2D eigenvalue weighted by molar-refractivity contribution is 6.06. The lowest BCUT2D eigenvalue weighted by atomic mass is 10.2. The molecule has 2 aromatic carbocycles. The van der Waals surface area contributed by atoms with E-state index in [2.05, 4.69) is 25.9 Å². The molecular formula is C53H69N13O13. The van der Waals surface area contributed by atoms with Crippen molar-refractivity contribution in [1.82, 2.24) is 43.1 Å². The largest absolute Gasteiger partial charge is 0.491 e. The molecule has 0 bridgehead atoms. The maximum atomic E-state index is 13.7. The van der Waals surface area contributed by atoms with Gasteiger partial charge in [0.1, 0.15) is 23.7 Å². The van der Waals surface area contributed by atoms with E-state index in [0.29, 0.717) is 157 Å². The third-order valence-electron chi connectivity index (χ3n) is 11.8. The zero-order valence-corrected chi connectivity index (χ0v) is 44.9. The number of anilines is 3. The van der Waals surface area contributed by atoms with Crippen LogP contribution in [0, 0.1) is 0 Å². The Morgan fingerprint density at radius 1 is 0.544 bits per heavy atom. The number of aromatic nitrogens is 8. The molecule has 5 heterocycles. The van der Waals surface area contributed by atoms with Gasteiger partial charge in [-0.15, -0.1) is 0 Å². The molecule has 0 saturated heterocycles. The quantitative estimate of drug-likeness (QED) is 0.0279. The molecule has 5 aromatic heterocycles. The number of hydrogen-bond donors (Lipinski definition) is 5. The van der Waals surface area contributed by atoms with E-state index in [1.54, 1.807) is 102 Å². The van der Waals surface area contributed by atoms with E-state index in [1.807, 2.05) is 23.7 Å². The number of nitrogens with one attached hydrogen (secondary N) is 3. The Hall–Kier alpha value is -7.95. The molecule has 4 amide bonds. The van der Waals surface area contributed by atoms with Gasteiger partial charge in [-0.25, -0.2) is 15.0 Å². The highest BCUT2D eigenvalue weighted by atomic mass is 16.6. The van der Waals surface area contributed by atoms with Crippen molar-refractivity contribution in [2.75, 3.05) is 135 Å². The van der Waals surface area contributed by atoms with E-state index in [-0.39, 0.29) is 36.4 Å². The summed E-state index contributed by atoms with van der Waals surface area (Å²) in [6, 6.07) is 15.4. The molecule has 424 valence electrons. The monoisotopic (exact) mass is 1100 g/mol. The summed E-state index contributed by atoms with van der Waals surface area (Å²) in [6.07, 6.45) is 8.30. The van der Waals surface area contributed by atoms with Crippen molar-refractivity contribution >= 4 is 51.9 Å². The zero-order chi connectivity index (χ0) is 55.9. The fourth-order valence-corrected chi connectivity index (χ4v) is 7.83. The van der Waals surface area contributed by atoms with Crippen molar-refractivity contribution in [3.05, 3.63) is 108 Å². The van der Waals surface area contributed by atoms with Crippen molar-refractivity contribution in [2.45, 2.75) is 0 Å². The lowest BCUT2D eigenvalue weighted by Crippen LogP contribution is -2.29. The smallest absolute Gasteiger partial charge is 0.291 e. The second-order valence-corrected chi connectivity index (χ2v) is 17.7. The Kier molecular flexibility index (Phi) is 22.5. The molecule has 26 heteroatoms. The van der Waals surface area contributed by atoms with Crippen LogP contribution in [0.4, 0.5) is 17.2 Å². The van der Waals surface area contributed by atoms with E-state index in [9.17, 15) is 19.2 Å². The number of ether oxygens (including phenoxy) is 9. The topological polar surface area (TPSA) is 303 Å². The van der Waals surface area contributed by atoms with Crippen LogP contribution in [0.2, 0.25) is 0 Å². The Morgan fingerprint density at radius 2 is 1.10 bits per heavy atom. The van der Waals surface area contributed by atoms with Crippen molar-refractivity contribution in [2.24, 2.45) is 33.9 Å². The summed E-state index contributed by atoms with van der Waals surface area (Å²) in [5, 5.41) is 8.37. The number of nitrogens with zero attached hydrogens (tertiary/aromatic N) is 8. The first-order valence-corrected chi connectivity index (χ1v) is 25.5. The molecule has 0 saturated carbocycles. The Bertz CT molecular complexity index is 3070. The van der Waals surface area contributed by atoms with Crippen LogP contribution < -0.4 is 32.2 Å². The molecule has 79 heavy (non-hydrogen) atoms. The van der Waals surface area contributed by atoms with E-state index in [4.69, 9.17) is 59.1 Å². The second kappa shape index (κ2) is 30.3. The van der Waals surface area contributed by atoms with Crippen LogP contribution in [0.15, 0.2) is 85.6 Å². The van der Waals surface area contributed by atoms with Gasteiger partial charge in [-0.05, 0) is 54.6 Å². The molecule has 7 rings (SSSR count). The van der Waals surface area contributed by atoms with E-state index >= 15 is 0 Å². The predicted molar refractivity (Wildman–Crippen MR) is 291 cm³/mol. The van der Waals surface area contributed by atoms with Gasteiger partial charge >= 0.3 is 0 Å². The molecule has 0 unspecified atom stereocenters. The van der Waals surface area contributed by atoms with Crippen molar-refractivity contribution in [3.8, 4) is 23.1 Å². The molecule has 0 aliphatic heterocycles.